The number of esters is 1. The number of hydrogen-bond donors (Lipinski definition) is 0. The molecule has 0 unspecified atom stereocenters. The van der Waals surface area contributed by atoms with Gasteiger partial charge in [0, 0.05) is 0 Å². The fourth-order valence-electron chi connectivity index (χ4n) is 1.23. The predicted octanol–water partition coefficient (Wildman–Crippen LogP) is 2.23. The van der Waals surface area contributed by atoms with Gasteiger partial charge in [0.1, 0.15) is 5.75 Å². The molecule has 0 heterocycles. The standard InChI is InChI=1S/C14H16O4/c1-3-17-14(16)10-18-13-8-6-12(7-9-13)5-4-11(2)15/h4-9H,3,10H2,1-2H3/b5-4+. The molecular formula is C14H16O4. The average molecular weight is 248 g/mol. The van der Waals surface area contributed by atoms with Crippen LogP contribution >= 0.6 is 0 Å². The van der Waals surface area contributed by atoms with Gasteiger partial charge in [-0.1, -0.05) is 18.2 Å². The predicted molar refractivity (Wildman–Crippen MR) is 68.3 cm³/mol. The van der Waals surface area contributed by atoms with Gasteiger partial charge in [0.25, 0.3) is 0 Å². The fraction of sp³-hybridized carbons (Fsp3) is 0.286. The van der Waals surface area contributed by atoms with Gasteiger partial charge in [0.15, 0.2) is 12.4 Å². The van der Waals surface area contributed by atoms with Gasteiger partial charge in [-0.3, -0.25) is 4.79 Å². The van der Waals surface area contributed by atoms with Crippen LogP contribution in [-0.4, -0.2) is 25.0 Å². The van der Waals surface area contributed by atoms with E-state index in [4.69, 9.17) is 9.47 Å². The number of carbonyl (C=O) groups excluding carboxylic acids is 2. The van der Waals surface area contributed by atoms with Crippen molar-refractivity contribution in [1.82, 2.24) is 0 Å². The van der Waals surface area contributed by atoms with Crippen molar-refractivity contribution in [3.05, 3.63) is 35.9 Å². The molecule has 4 heteroatoms. The van der Waals surface area contributed by atoms with Crippen LogP contribution in [0.1, 0.15) is 19.4 Å². The van der Waals surface area contributed by atoms with Gasteiger partial charge in [-0.2, -0.15) is 0 Å². The smallest absolute Gasteiger partial charge is 0.344 e. The number of ketones is 1. The first kappa shape index (κ1) is 14.0. The summed E-state index contributed by atoms with van der Waals surface area (Å²) in [7, 11) is 0. The summed E-state index contributed by atoms with van der Waals surface area (Å²) >= 11 is 0. The Bertz CT molecular complexity index is 432. The second-order valence-corrected chi connectivity index (χ2v) is 3.61. The number of allylic oxidation sites excluding steroid dienone is 1. The SMILES string of the molecule is CCOC(=O)COc1ccc(/C=C/C(C)=O)cc1. The molecule has 18 heavy (non-hydrogen) atoms. The number of hydrogen-bond acceptors (Lipinski definition) is 4. The first-order valence-corrected chi connectivity index (χ1v) is 5.69. The Kier molecular flexibility index (Phi) is 5.64. The highest BCUT2D eigenvalue weighted by atomic mass is 16.6. The third kappa shape index (κ3) is 5.30. The van der Waals surface area contributed by atoms with E-state index in [2.05, 4.69) is 0 Å². The molecule has 0 bridgehead atoms. The summed E-state index contributed by atoms with van der Waals surface area (Å²) in [5.74, 6) is 0.193. The molecule has 0 aliphatic carbocycles. The molecule has 0 aromatic heterocycles. The van der Waals surface area contributed by atoms with Crippen LogP contribution < -0.4 is 4.74 Å². The number of carbonyl (C=O) groups is 2. The van der Waals surface area contributed by atoms with E-state index in [1.54, 1.807) is 37.3 Å². The maximum Gasteiger partial charge on any atom is 0.344 e. The highest BCUT2D eigenvalue weighted by molar-refractivity contribution is 5.91. The van der Waals surface area contributed by atoms with Crippen LogP contribution in [0.25, 0.3) is 6.08 Å². The van der Waals surface area contributed by atoms with Crippen LogP contribution in [-0.2, 0) is 14.3 Å². The molecule has 96 valence electrons. The summed E-state index contributed by atoms with van der Waals surface area (Å²) in [4.78, 5) is 21.8. The Labute approximate surface area is 106 Å². The molecule has 1 rings (SSSR count). The largest absolute Gasteiger partial charge is 0.482 e. The lowest BCUT2D eigenvalue weighted by Crippen LogP contribution is -2.14. The zero-order valence-electron chi connectivity index (χ0n) is 10.5. The molecule has 1 aromatic rings. The monoisotopic (exact) mass is 248 g/mol. The van der Waals surface area contributed by atoms with E-state index in [9.17, 15) is 9.59 Å². The molecule has 1 aromatic carbocycles. The molecule has 0 saturated carbocycles. The minimum atomic E-state index is -0.391. The Morgan fingerprint density at radius 1 is 1.22 bits per heavy atom. The lowest BCUT2D eigenvalue weighted by Gasteiger charge is -2.05. The van der Waals surface area contributed by atoms with E-state index in [0.717, 1.165) is 5.56 Å². The molecule has 0 fully saturated rings. The number of ether oxygens (including phenoxy) is 2. The minimum absolute atomic E-state index is 0.00219. The van der Waals surface area contributed by atoms with Crippen LogP contribution in [0.3, 0.4) is 0 Å². The Balaban J connectivity index is 2.50. The minimum Gasteiger partial charge on any atom is -0.482 e. The second kappa shape index (κ2) is 7.27. The third-order valence-electron chi connectivity index (χ3n) is 2.05. The topological polar surface area (TPSA) is 52.6 Å². The molecule has 0 spiro atoms. The summed E-state index contributed by atoms with van der Waals surface area (Å²) < 4.78 is 9.98. The maximum absolute atomic E-state index is 11.1. The van der Waals surface area contributed by atoms with E-state index in [1.165, 1.54) is 13.0 Å². The molecule has 0 saturated heterocycles. The highest BCUT2D eigenvalue weighted by Crippen LogP contribution is 2.13. The Hall–Kier alpha value is -2.10. The molecular weight excluding hydrogens is 232 g/mol. The van der Waals surface area contributed by atoms with Gasteiger partial charge in [0.05, 0.1) is 6.61 Å². The Morgan fingerprint density at radius 3 is 2.44 bits per heavy atom. The Morgan fingerprint density at radius 2 is 1.89 bits per heavy atom. The molecule has 0 aliphatic heterocycles. The first-order chi connectivity index (χ1) is 8.61. The van der Waals surface area contributed by atoms with Crippen LogP contribution in [0, 0.1) is 0 Å². The first-order valence-electron chi connectivity index (χ1n) is 5.69. The zero-order chi connectivity index (χ0) is 13.4. The van der Waals surface area contributed by atoms with Gasteiger partial charge in [-0.25, -0.2) is 4.79 Å². The van der Waals surface area contributed by atoms with Crippen molar-refractivity contribution < 1.29 is 19.1 Å². The third-order valence-corrected chi connectivity index (χ3v) is 2.05. The summed E-state index contributed by atoms with van der Waals surface area (Å²) in [6.07, 6.45) is 3.21. The average Bonchev–Trinajstić information content (AvgIpc) is 2.35. The van der Waals surface area contributed by atoms with Crippen LogP contribution in [0.2, 0.25) is 0 Å². The van der Waals surface area contributed by atoms with Crippen molar-refractivity contribution in [1.29, 1.82) is 0 Å². The van der Waals surface area contributed by atoms with Gasteiger partial charge >= 0.3 is 5.97 Å². The van der Waals surface area contributed by atoms with Crippen molar-refractivity contribution in [2.24, 2.45) is 0 Å². The molecule has 0 aliphatic rings. The fourth-order valence-corrected chi connectivity index (χ4v) is 1.23. The van der Waals surface area contributed by atoms with Gasteiger partial charge in [0.2, 0.25) is 0 Å². The summed E-state index contributed by atoms with van der Waals surface area (Å²) in [5.41, 5.74) is 0.897. The lowest BCUT2D eigenvalue weighted by atomic mass is 10.2. The van der Waals surface area contributed by atoms with Crippen molar-refractivity contribution >= 4 is 17.8 Å². The van der Waals surface area contributed by atoms with Crippen LogP contribution in [0.4, 0.5) is 0 Å². The van der Waals surface area contributed by atoms with E-state index >= 15 is 0 Å². The van der Waals surface area contributed by atoms with Crippen LogP contribution in [0.5, 0.6) is 5.75 Å². The quantitative estimate of drug-likeness (QED) is 0.572. The molecule has 0 atom stereocenters. The van der Waals surface area contributed by atoms with E-state index in [1.807, 2.05) is 0 Å². The van der Waals surface area contributed by atoms with Crippen molar-refractivity contribution in [3.63, 3.8) is 0 Å². The van der Waals surface area contributed by atoms with E-state index in [-0.39, 0.29) is 12.4 Å². The van der Waals surface area contributed by atoms with Gasteiger partial charge in [-0.15, -0.1) is 0 Å². The lowest BCUT2D eigenvalue weighted by molar-refractivity contribution is -0.145. The summed E-state index contributed by atoms with van der Waals surface area (Å²) in [5, 5.41) is 0. The van der Waals surface area contributed by atoms with E-state index < -0.39 is 5.97 Å². The normalized spacial score (nSPS) is 10.3. The molecule has 0 amide bonds. The number of rotatable bonds is 6. The van der Waals surface area contributed by atoms with Crippen molar-refractivity contribution in [2.45, 2.75) is 13.8 Å². The van der Waals surface area contributed by atoms with Crippen LogP contribution in [0.15, 0.2) is 30.3 Å². The molecule has 0 N–H and O–H groups in total. The molecule has 0 radical (unpaired) electrons. The summed E-state index contributed by atoms with van der Waals surface area (Å²) in [6.45, 7) is 3.48. The van der Waals surface area contributed by atoms with Crippen molar-refractivity contribution in [2.75, 3.05) is 13.2 Å². The summed E-state index contributed by atoms with van der Waals surface area (Å²) in [6, 6.07) is 7.08. The van der Waals surface area contributed by atoms with Gasteiger partial charge in [-0.05, 0) is 37.6 Å². The van der Waals surface area contributed by atoms with E-state index in [0.29, 0.717) is 12.4 Å². The zero-order valence-corrected chi connectivity index (χ0v) is 10.5. The number of benzene rings is 1. The van der Waals surface area contributed by atoms with Gasteiger partial charge < -0.3 is 9.47 Å². The highest BCUT2D eigenvalue weighted by Gasteiger charge is 2.02. The second-order valence-electron chi connectivity index (χ2n) is 3.61. The molecule has 4 nitrogen and oxygen atoms in total. The van der Waals surface area contributed by atoms with Crippen molar-refractivity contribution in [3.8, 4) is 5.75 Å². The maximum atomic E-state index is 11.1.